The van der Waals surface area contributed by atoms with Crippen molar-refractivity contribution >= 4 is 5.69 Å². The maximum absolute atomic E-state index is 14.1. The molecule has 21 heavy (non-hydrogen) atoms. The molecule has 2 atom stereocenters. The van der Waals surface area contributed by atoms with E-state index in [9.17, 15) is 13.2 Å². The van der Waals surface area contributed by atoms with Crippen molar-refractivity contribution in [1.82, 2.24) is 5.32 Å². The van der Waals surface area contributed by atoms with Crippen LogP contribution < -0.4 is 10.2 Å². The highest BCUT2D eigenvalue weighted by Crippen LogP contribution is 2.39. The van der Waals surface area contributed by atoms with E-state index in [1.54, 1.807) is 0 Å². The second-order valence-electron chi connectivity index (χ2n) is 6.09. The van der Waals surface area contributed by atoms with Gasteiger partial charge < -0.3 is 10.2 Å². The van der Waals surface area contributed by atoms with Crippen LogP contribution >= 0.6 is 0 Å². The molecule has 0 aliphatic carbocycles. The zero-order valence-electron chi connectivity index (χ0n) is 12.2. The topological polar surface area (TPSA) is 15.3 Å². The van der Waals surface area contributed by atoms with Crippen molar-refractivity contribution in [3.63, 3.8) is 0 Å². The Bertz CT molecular complexity index is 506. The summed E-state index contributed by atoms with van der Waals surface area (Å²) < 4.78 is 41.1. The van der Waals surface area contributed by atoms with Crippen molar-refractivity contribution in [2.45, 2.75) is 57.2 Å². The van der Waals surface area contributed by atoms with Crippen LogP contribution in [0.25, 0.3) is 0 Å². The smallest absolute Gasteiger partial charge is 0.182 e. The van der Waals surface area contributed by atoms with Crippen LogP contribution in [0.1, 0.15) is 39.0 Å². The van der Waals surface area contributed by atoms with Crippen LogP contribution in [0.4, 0.5) is 18.9 Å². The monoisotopic (exact) mass is 298 g/mol. The summed E-state index contributed by atoms with van der Waals surface area (Å²) in [5.41, 5.74) is 0.0946. The van der Waals surface area contributed by atoms with Gasteiger partial charge in [0, 0.05) is 30.3 Å². The summed E-state index contributed by atoms with van der Waals surface area (Å²) in [6, 6.07) is 2.50. The van der Waals surface area contributed by atoms with Gasteiger partial charge in [0.15, 0.2) is 11.6 Å². The Morgan fingerprint density at radius 2 is 1.81 bits per heavy atom. The number of anilines is 1. The van der Waals surface area contributed by atoms with Crippen LogP contribution in [-0.2, 0) is 0 Å². The lowest BCUT2D eigenvalue weighted by Gasteiger charge is -2.50. The van der Waals surface area contributed by atoms with Gasteiger partial charge in [0.05, 0.1) is 5.69 Å². The molecule has 2 unspecified atom stereocenters. The Morgan fingerprint density at radius 1 is 1.14 bits per heavy atom. The van der Waals surface area contributed by atoms with Crippen LogP contribution in [0.2, 0.25) is 0 Å². The van der Waals surface area contributed by atoms with Crippen molar-refractivity contribution in [3.8, 4) is 0 Å². The number of rotatable bonds is 3. The third kappa shape index (κ3) is 2.76. The Kier molecular flexibility index (Phi) is 4.11. The molecule has 2 aliphatic heterocycles. The minimum absolute atomic E-state index is 0.0946. The third-order valence-electron chi connectivity index (χ3n) is 4.72. The van der Waals surface area contributed by atoms with E-state index in [1.165, 1.54) is 0 Å². The van der Waals surface area contributed by atoms with Gasteiger partial charge in [-0.25, -0.2) is 13.2 Å². The van der Waals surface area contributed by atoms with Gasteiger partial charge in [-0.1, -0.05) is 6.92 Å². The van der Waals surface area contributed by atoms with Gasteiger partial charge in [-0.05, 0) is 38.6 Å². The molecular formula is C16H21F3N2. The number of nitrogens with one attached hydrogen (secondary N) is 1. The molecule has 1 N–H and O–H groups in total. The SMILES string of the molecule is CCNC1CC2CCCC(C1)N2c1cc(F)cc(F)c1F. The van der Waals surface area contributed by atoms with Gasteiger partial charge in [0.25, 0.3) is 0 Å². The molecule has 2 heterocycles. The molecule has 2 saturated heterocycles. The molecule has 2 nitrogen and oxygen atoms in total. The zero-order chi connectivity index (χ0) is 15.0. The highest BCUT2D eigenvalue weighted by atomic mass is 19.2. The van der Waals surface area contributed by atoms with E-state index in [0.29, 0.717) is 12.1 Å². The predicted octanol–water partition coefficient (Wildman–Crippen LogP) is 3.60. The molecule has 2 fully saturated rings. The van der Waals surface area contributed by atoms with Gasteiger partial charge >= 0.3 is 0 Å². The first-order chi connectivity index (χ1) is 10.1. The van der Waals surface area contributed by atoms with Crippen LogP contribution in [-0.4, -0.2) is 24.7 Å². The molecule has 1 aromatic carbocycles. The lowest BCUT2D eigenvalue weighted by Crippen LogP contribution is -2.56. The summed E-state index contributed by atoms with van der Waals surface area (Å²) in [7, 11) is 0. The fourth-order valence-electron chi connectivity index (χ4n) is 3.96. The largest absolute Gasteiger partial charge is 0.363 e. The van der Waals surface area contributed by atoms with Crippen molar-refractivity contribution in [3.05, 3.63) is 29.6 Å². The second-order valence-corrected chi connectivity index (χ2v) is 6.09. The standard InChI is InChI=1S/C16H21F3N2/c1-2-20-11-8-12-4-3-5-13(9-11)21(12)15-7-10(17)6-14(18)16(15)19/h6-7,11-13,20H,2-5,8-9H2,1H3. The second kappa shape index (κ2) is 5.87. The number of fused-ring (bicyclic) bond motifs is 2. The lowest BCUT2D eigenvalue weighted by molar-refractivity contribution is 0.245. The predicted molar refractivity (Wildman–Crippen MR) is 76.9 cm³/mol. The molecule has 2 bridgehead atoms. The normalized spacial score (nSPS) is 28.8. The molecule has 0 radical (unpaired) electrons. The first-order valence-electron chi connectivity index (χ1n) is 7.76. The summed E-state index contributed by atoms with van der Waals surface area (Å²) >= 11 is 0. The van der Waals surface area contributed by atoms with Crippen molar-refractivity contribution < 1.29 is 13.2 Å². The molecule has 1 aromatic rings. The van der Waals surface area contributed by atoms with E-state index < -0.39 is 17.5 Å². The highest BCUT2D eigenvalue weighted by molar-refractivity contribution is 5.51. The average molecular weight is 298 g/mol. The lowest BCUT2D eigenvalue weighted by atomic mass is 9.81. The molecule has 3 rings (SSSR count). The number of piperidine rings is 2. The quantitative estimate of drug-likeness (QED) is 0.858. The molecule has 116 valence electrons. The van der Waals surface area contributed by atoms with Crippen molar-refractivity contribution in [2.75, 3.05) is 11.4 Å². The van der Waals surface area contributed by atoms with E-state index in [2.05, 4.69) is 12.2 Å². The van der Waals surface area contributed by atoms with E-state index >= 15 is 0 Å². The summed E-state index contributed by atoms with van der Waals surface area (Å²) in [6.07, 6.45) is 4.82. The molecule has 5 heteroatoms. The first-order valence-corrected chi connectivity index (χ1v) is 7.76. The van der Waals surface area contributed by atoms with Crippen LogP contribution in [0.15, 0.2) is 12.1 Å². The van der Waals surface area contributed by atoms with Crippen molar-refractivity contribution in [1.29, 1.82) is 0 Å². The average Bonchev–Trinajstić information content (AvgIpc) is 2.42. The summed E-state index contributed by atoms with van der Waals surface area (Å²) in [4.78, 5) is 1.93. The van der Waals surface area contributed by atoms with Crippen LogP contribution in [0, 0.1) is 17.5 Å². The molecule has 0 saturated carbocycles. The maximum atomic E-state index is 14.1. The minimum Gasteiger partial charge on any atom is -0.363 e. The Labute approximate surface area is 123 Å². The molecule has 0 amide bonds. The van der Waals surface area contributed by atoms with Crippen LogP contribution in [0.5, 0.6) is 0 Å². The molecule has 0 spiro atoms. The van der Waals surface area contributed by atoms with Gasteiger partial charge in [0.1, 0.15) is 5.82 Å². The Hall–Kier alpha value is -1.23. The maximum Gasteiger partial charge on any atom is 0.182 e. The van der Waals surface area contributed by atoms with Gasteiger partial charge in [-0.15, -0.1) is 0 Å². The zero-order valence-corrected chi connectivity index (χ0v) is 12.2. The van der Waals surface area contributed by atoms with E-state index in [0.717, 1.165) is 44.7 Å². The van der Waals surface area contributed by atoms with E-state index in [4.69, 9.17) is 0 Å². The molecular weight excluding hydrogens is 277 g/mol. The first kappa shape index (κ1) is 14.7. The van der Waals surface area contributed by atoms with Gasteiger partial charge in [-0.2, -0.15) is 0 Å². The highest BCUT2D eigenvalue weighted by Gasteiger charge is 2.39. The van der Waals surface area contributed by atoms with Gasteiger partial charge in [0.2, 0.25) is 0 Å². The third-order valence-corrected chi connectivity index (χ3v) is 4.72. The fraction of sp³-hybridized carbons (Fsp3) is 0.625. The number of nitrogens with zero attached hydrogens (tertiary/aromatic N) is 1. The molecule has 2 aliphatic rings. The number of halogens is 3. The van der Waals surface area contributed by atoms with E-state index in [-0.39, 0.29) is 17.8 Å². The summed E-state index contributed by atoms with van der Waals surface area (Å²) in [5, 5.41) is 3.45. The summed E-state index contributed by atoms with van der Waals surface area (Å²) in [6.45, 7) is 2.98. The Morgan fingerprint density at radius 3 is 2.43 bits per heavy atom. The van der Waals surface area contributed by atoms with Gasteiger partial charge in [-0.3, -0.25) is 0 Å². The number of benzene rings is 1. The summed E-state index contributed by atoms with van der Waals surface area (Å²) in [5.74, 6) is -2.73. The minimum atomic E-state index is -1.10. The fourth-order valence-corrected chi connectivity index (χ4v) is 3.96. The van der Waals surface area contributed by atoms with E-state index in [1.807, 2.05) is 4.90 Å². The Balaban J connectivity index is 1.92. The number of hydrogen-bond acceptors (Lipinski definition) is 2. The molecule has 0 aromatic heterocycles. The van der Waals surface area contributed by atoms with Crippen molar-refractivity contribution in [2.24, 2.45) is 0 Å². The van der Waals surface area contributed by atoms with Crippen LogP contribution in [0.3, 0.4) is 0 Å². The number of hydrogen-bond donors (Lipinski definition) is 1.